The summed E-state index contributed by atoms with van der Waals surface area (Å²) in [5, 5.41) is 2.91. The predicted octanol–water partition coefficient (Wildman–Crippen LogP) is 3.80. The first-order chi connectivity index (χ1) is 11.2. The van der Waals surface area contributed by atoms with Gasteiger partial charge in [-0.15, -0.1) is 0 Å². The number of ether oxygens (including phenoxy) is 2. The van der Waals surface area contributed by atoms with Crippen molar-refractivity contribution in [3.05, 3.63) is 59.7 Å². The molecule has 0 aliphatic rings. The zero-order chi connectivity index (χ0) is 16.5. The van der Waals surface area contributed by atoms with Crippen molar-refractivity contribution in [3.8, 4) is 11.5 Å². The minimum atomic E-state index is -0.128. The third-order valence-electron chi connectivity index (χ3n) is 3.26. The minimum absolute atomic E-state index is 0.128. The zero-order valence-electron chi connectivity index (χ0n) is 13.7. The molecule has 4 nitrogen and oxygen atoms in total. The van der Waals surface area contributed by atoms with Gasteiger partial charge < -0.3 is 14.8 Å². The van der Waals surface area contributed by atoms with E-state index in [1.807, 2.05) is 44.2 Å². The van der Waals surface area contributed by atoms with E-state index in [1.165, 1.54) is 0 Å². The molecular weight excluding hydrogens is 290 g/mol. The first-order valence-electron chi connectivity index (χ1n) is 7.96. The fourth-order valence-electron chi connectivity index (χ4n) is 2.13. The summed E-state index contributed by atoms with van der Waals surface area (Å²) in [5.41, 5.74) is 1.63. The molecule has 0 unspecified atom stereocenters. The second-order valence-electron chi connectivity index (χ2n) is 5.11. The first-order valence-corrected chi connectivity index (χ1v) is 7.96. The smallest absolute Gasteiger partial charge is 0.251 e. The van der Waals surface area contributed by atoms with Crippen molar-refractivity contribution in [2.45, 2.75) is 26.8 Å². The number of nitrogens with one attached hydrogen (secondary N) is 1. The average molecular weight is 313 g/mol. The molecule has 1 N–H and O–H groups in total. The van der Waals surface area contributed by atoms with Crippen LogP contribution in [0, 0.1) is 0 Å². The van der Waals surface area contributed by atoms with Gasteiger partial charge in [-0.05, 0) is 37.1 Å². The van der Waals surface area contributed by atoms with E-state index in [1.54, 1.807) is 18.2 Å². The van der Waals surface area contributed by atoms with Crippen molar-refractivity contribution in [1.82, 2.24) is 5.32 Å². The summed E-state index contributed by atoms with van der Waals surface area (Å²) >= 11 is 0. The molecule has 2 rings (SSSR count). The van der Waals surface area contributed by atoms with Crippen LogP contribution in [0.2, 0.25) is 0 Å². The van der Waals surface area contributed by atoms with Gasteiger partial charge in [0.05, 0.1) is 13.2 Å². The summed E-state index contributed by atoms with van der Waals surface area (Å²) in [6.07, 6.45) is 0.922. The molecule has 0 fully saturated rings. The van der Waals surface area contributed by atoms with E-state index < -0.39 is 0 Å². The maximum Gasteiger partial charge on any atom is 0.251 e. The largest absolute Gasteiger partial charge is 0.490 e. The molecule has 2 aromatic rings. The standard InChI is InChI=1S/C19H23NO3/c1-3-12-23-17-11-10-16(13-18(17)22-4-2)19(21)20-14-15-8-6-5-7-9-15/h5-11,13H,3-4,12,14H2,1-2H3,(H,20,21). The number of carbonyl (C=O) groups is 1. The lowest BCUT2D eigenvalue weighted by Crippen LogP contribution is -2.22. The fraction of sp³-hybridized carbons (Fsp3) is 0.316. The average Bonchev–Trinajstić information content (AvgIpc) is 2.59. The molecule has 0 heterocycles. The van der Waals surface area contributed by atoms with E-state index in [-0.39, 0.29) is 5.91 Å². The van der Waals surface area contributed by atoms with Crippen molar-refractivity contribution >= 4 is 5.91 Å². The Hall–Kier alpha value is -2.49. The van der Waals surface area contributed by atoms with Crippen LogP contribution in [0.1, 0.15) is 36.2 Å². The molecule has 4 heteroatoms. The van der Waals surface area contributed by atoms with Gasteiger partial charge in [0.2, 0.25) is 0 Å². The van der Waals surface area contributed by atoms with Crippen LogP contribution >= 0.6 is 0 Å². The van der Waals surface area contributed by atoms with Crippen molar-refractivity contribution in [2.75, 3.05) is 13.2 Å². The Labute approximate surface area is 137 Å². The summed E-state index contributed by atoms with van der Waals surface area (Å²) in [4.78, 5) is 12.3. The van der Waals surface area contributed by atoms with E-state index in [0.29, 0.717) is 36.8 Å². The highest BCUT2D eigenvalue weighted by Crippen LogP contribution is 2.28. The Morgan fingerprint density at radius 1 is 1.00 bits per heavy atom. The molecule has 0 aromatic heterocycles. The molecule has 0 saturated heterocycles. The van der Waals surface area contributed by atoms with Gasteiger partial charge in [0.25, 0.3) is 5.91 Å². The molecule has 23 heavy (non-hydrogen) atoms. The van der Waals surface area contributed by atoms with Crippen LogP contribution in [0.3, 0.4) is 0 Å². The Morgan fingerprint density at radius 2 is 1.78 bits per heavy atom. The quantitative estimate of drug-likeness (QED) is 0.806. The fourth-order valence-corrected chi connectivity index (χ4v) is 2.13. The maximum absolute atomic E-state index is 12.3. The normalized spacial score (nSPS) is 10.2. The van der Waals surface area contributed by atoms with Gasteiger partial charge in [0, 0.05) is 12.1 Å². The third kappa shape index (κ3) is 5.02. The predicted molar refractivity (Wildman–Crippen MR) is 91.0 cm³/mol. The van der Waals surface area contributed by atoms with E-state index >= 15 is 0 Å². The monoisotopic (exact) mass is 313 g/mol. The topological polar surface area (TPSA) is 47.6 Å². The summed E-state index contributed by atoms with van der Waals surface area (Å²) < 4.78 is 11.2. The lowest BCUT2D eigenvalue weighted by atomic mass is 10.1. The molecule has 0 atom stereocenters. The van der Waals surface area contributed by atoms with Crippen LogP contribution in [0.25, 0.3) is 0 Å². The van der Waals surface area contributed by atoms with Crippen LogP contribution in [-0.2, 0) is 6.54 Å². The van der Waals surface area contributed by atoms with Crippen LogP contribution in [0.15, 0.2) is 48.5 Å². The van der Waals surface area contributed by atoms with Crippen molar-refractivity contribution < 1.29 is 14.3 Å². The lowest BCUT2D eigenvalue weighted by Gasteiger charge is -2.13. The molecule has 122 valence electrons. The maximum atomic E-state index is 12.3. The second-order valence-corrected chi connectivity index (χ2v) is 5.11. The summed E-state index contributed by atoms with van der Waals surface area (Å²) in [7, 11) is 0. The first kappa shape index (κ1) is 16.9. The van der Waals surface area contributed by atoms with Crippen molar-refractivity contribution in [3.63, 3.8) is 0 Å². The highest BCUT2D eigenvalue weighted by Gasteiger charge is 2.11. The van der Waals surface area contributed by atoms with E-state index in [4.69, 9.17) is 9.47 Å². The van der Waals surface area contributed by atoms with Gasteiger partial charge >= 0.3 is 0 Å². The lowest BCUT2D eigenvalue weighted by molar-refractivity contribution is 0.0950. The number of rotatable bonds is 8. The molecule has 0 radical (unpaired) electrons. The van der Waals surface area contributed by atoms with Gasteiger partial charge in [-0.25, -0.2) is 0 Å². The number of carbonyl (C=O) groups excluding carboxylic acids is 1. The zero-order valence-corrected chi connectivity index (χ0v) is 13.7. The SMILES string of the molecule is CCCOc1ccc(C(=O)NCc2ccccc2)cc1OCC. The summed E-state index contributed by atoms with van der Waals surface area (Å²) in [6, 6.07) is 15.1. The van der Waals surface area contributed by atoms with E-state index in [9.17, 15) is 4.79 Å². The minimum Gasteiger partial charge on any atom is -0.490 e. The number of amides is 1. The Morgan fingerprint density at radius 3 is 2.48 bits per heavy atom. The summed E-state index contributed by atoms with van der Waals surface area (Å²) in [5.74, 6) is 1.15. The molecule has 2 aromatic carbocycles. The van der Waals surface area contributed by atoms with Crippen LogP contribution in [-0.4, -0.2) is 19.1 Å². The van der Waals surface area contributed by atoms with Crippen LogP contribution in [0.4, 0.5) is 0 Å². The molecule has 0 bridgehead atoms. The Bertz CT molecular complexity index is 626. The highest BCUT2D eigenvalue weighted by molar-refractivity contribution is 5.94. The molecule has 0 saturated carbocycles. The molecule has 0 aliphatic heterocycles. The molecule has 0 aliphatic carbocycles. The van der Waals surface area contributed by atoms with E-state index in [2.05, 4.69) is 5.32 Å². The summed E-state index contributed by atoms with van der Waals surface area (Å²) in [6.45, 7) is 5.60. The van der Waals surface area contributed by atoms with Gasteiger partial charge in [-0.1, -0.05) is 37.3 Å². The van der Waals surface area contributed by atoms with Gasteiger partial charge in [-0.3, -0.25) is 4.79 Å². The highest BCUT2D eigenvalue weighted by atomic mass is 16.5. The van der Waals surface area contributed by atoms with Crippen molar-refractivity contribution in [2.24, 2.45) is 0 Å². The van der Waals surface area contributed by atoms with E-state index in [0.717, 1.165) is 12.0 Å². The molecule has 0 spiro atoms. The Kier molecular flexibility index (Phi) is 6.48. The number of hydrogen-bond donors (Lipinski definition) is 1. The van der Waals surface area contributed by atoms with Crippen LogP contribution in [0.5, 0.6) is 11.5 Å². The third-order valence-corrected chi connectivity index (χ3v) is 3.26. The van der Waals surface area contributed by atoms with Gasteiger partial charge in [0.1, 0.15) is 0 Å². The van der Waals surface area contributed by atoms with Crippen molar-refractivity contribution in [1.29, 1.82) is 0 Å². The van der Waals surface area contributed by atoms with Gasteiger partial charge in [0.15, 0.2) is 11.5 Å². The van der Waals surface area contributed by atoms with Gasteiger partial charge in [-0.2, -0.15) is 0 Å². The van der Waals surface area contributed by atoms with Crippen LogP contribution < -0.4 is 14.8 Å². The molecule has 1 amide bonds. The second kappa shape index (κ2) is 8.83. The molecular formula is C19H23NO3. The Balaban J connectivity index is 2.05. The number of benzene rings is 2. The number of hydrogen-bond acceptors (Lipinski definition) is 3.